The average Bonchev–Trinajstić information content (AvgIpc) is 3.09. The molecule has 3 rings (SSSR count). The molecule has 6 nitrogen and oxygen atoms in total. The third kappa shape index (κ3) is 6.51. The number of carbonyl (C=O) groups is 2. The first kappa shape index (κ1) is 21.7. The van der Waals surface area contributed by atoms with Gasteiger partial charge in [-0.3, -0.25) is 4.79 Å². The van der Waals surface area contributed by atoms with Gasteiger partial charge in [0.15, 0.2) is 0 Å². The van der Waals surface area contributed by atoms with Crippen LogP contribution in [0.2, 0.25) is 0 Å². The van der Waals surface area contributed by atoms with E-state index in [1.165, 1.54) is 16.8 Å². The van der Waals surface area contributed by atoms with E-state index in [9.17, 15) is 9.59 Å². The molecule has 1 aliphatic heterocycles. The molecular weight excluding hydrogens is 378 g/mol. The third-order valence-electron chi connectivity index (χ3n) is 4.89. The summed E-state index contributed by atoms with van der Waals surface area (Å²) in [6.45, 7) is 8.06. The van der Waals surface area contributed by atoms with Crippen molar-refractivity contribution in [1.82, 2.24) is 10.6 Å². The van der Waals surface area contributed by atoms with Gasteiger partial charge in [0.05, 0.1) is 0 Å². The highest BCUT2D eigenvalue weighted by atomic mass is 16.6. The van der Waals surface area contributed by atoms with Gasteiger partial charge in [-0.05, 0) is 49.9 Å². The fourth-order valence-electron chi connectivity index (χ4n) is 3.44. The maximum Gasteiger partial charge on any atom is 0.407 e. The molecule has 0 radical (unpaired) electrons. The molecule has 1 heterocycles. The van der Waals surface area contributed by atoms with Crippen LogP contribution in [0.15, 0.2) is 48.5 Å². The number of benzene rings is 2. The van der Waals surface area contributed by atoms with Crippen molar-refractivity contribution >= 4 is 17.7 Å². The SMILES string of the molecule is CC(C)(C)OC(=O)NCCC(=O)NCc1ccc(CN2CCc3ccccc32)cc1. The van der Waals surface area contributed by atoms with Crippen molar-refractivity contribution < 1.29 is 14.3 Å². The molecule has 0 aromatic heterocycles. The summed E-state index contributed by atoms with van der Waals surface area (Å²) in [5.74, 6) is -0.108. The van der Waals surface area contributed by atoms with Gasteiger partial charge in [0.1, 0.15) is 5.60 Å². The minimum absolute atomic E-state index is 0.108. The van der Waals surface area contributed by atoms with Gasteiger partial charge < -0.3 is 20.3 Å². The smallest absolute Gasteiger partial charge is 0.407 e. The molecule has 0 bridgehead atoms. The third-order valence-corrected chi connectivity index (χ3v) is 4.89. The topological polar surface area (TPSA) is 70.7 Å². The molecule has 2 N–H and O–H groups in total. The Bertz CT molecular complexity index is 872. The van der Waals surface area contributed by atoms with Crippen molar-refractivity contribution in [3.05, 3.63) is 65.2 Å². The number of amides is 2. The largest absolute Gasteiger partial charge is 0.444 e. The molecule has 6 heteroatoms. The van der Waals surface area contributed by atoms with Gasteiger partial charge in [0, 0.05) is 38.3 Å². The number of nitrogens with one attached hydrogen (secondary N) is 2. The van der Waals surface area contributed by atoms with E-state index in [4.69, 9.17) is 4.74 Å². The molecule has 0 unspecified atom stereocenters. The number of hydrogen-bond donors (Lipinski definition) is 2. The van der Waals surface area contributed by atoms with E-state index in [0.29, 0.717) is 6.54 Å². The Kier molecular flexibility index (Phi) is 6.98. The Morgan fingerprint density at radius 3 is 2.43 bits per heavy atom. The molecule has 2 aromatic carbocycles. The monoisotopic (exact) mass is 409 g/mol. The van der Waals surface area contributed by atoms with Crippen LogP contribution in [0, 0.1) is 0 Å². The van der Waals surface area contributed by atoms with Crippen molar-refractivity contribution in [2.75, 3.05) is 18.0 Å². The Labute approximate surface area is 178 Å². The number of ether oxygens (including phenoxy) is 1. The van der Waals surface area contributed by atoms with Gasteiger partial charge in [0.25, 0.3) is 0 Å². The van der Waals surface area contributed by atoms with Crippen LogP contribution in [0.3, 0.4) is 0 Å². The first-order valence-electron chi connectivity index (χ1n) is 10.4. The number of para-hydroxylation sites is 1. The summed E-state index contributed by atoms with van der Waals surface area (Å²) in [7, 11) is 0. The quantitative estimate of drug-likeness (QED) is 0.730. The first-order valence-corrected chi connectivity index (χ1v) is 10.4. The predicted octanol–water partition coefficient (Wildman–Crippen LogP) is 3.78. The van der Waals surface area contributed by atoms with Crippen molar-refractivity contribution in [3.63, 3.8) is 0 Å². The van der Waals surface area contributed by atoms with E-state index in [2.05, 4.69) is 64.1 Å². The molecule has 0 spiro atoms. The second kappa shape index (κ2) is 9.65. The van der Waals surface area contributed by atoms with E-state index in [1.54, 1.807) is 20.8 Å². The lowest BCUT2D eigenvalue weighted by Gasteiger charge is -2.19. The van der Waals surface area contributed by atoms with Crippen molar-refractivity contribution in [3.8, 4) is 0 Å². The van der Waals surface area contributed by atoms with Gasteiger partial charge in [-0.25, -0.2) is 4.79 Å². The number of rotatable bonds is 7. The lowest BCUT2D eigenvalue weighted by Crippen LogP contribution is -2.35. The summed E-state index contributed by atoms with van der Waals surface area (Å²) < 4.78 is 5.14. The van der Waals surface area contributed by atoms with Crippen molar-refractivity contribution in [2.24, 2.45) is 0 Å². The van der Waals surface area contributed by atoms with Crippen molar-refractivity contribution in [1.29, 1.82) is 0 Å². The van der Waals surface area contributed by atoms with Gasteiger partial charge in [-0.1, -0.05) is 42.5 Å². The highest BCUT2D eigenvalue weighted by molar-refractivity contribution is 5.77. The number of alkyl carbamates (subject to hydrolysis) is 1. The predicted molar refractivity (Wildman–Crippen MR) is 118 cm³/mol. The van der Waals surface area contributed by atoms with Gasteiger partial charge >= 0.3 is 6.09 Å². The zero-order valence-electron chi connectivity index (χ0n) is 18.0. The number of anilines is 1. The molecule has 160 valence electrons. The minimum Gasteiger partial charge on any atom is -0.444 e. The van der Waals surface area contributed by atoms with Crippen LogP contribution in [0.1, 0.15) is 43.9 Å². The zero-order chi connectivity index (χ0) is 21.6. The van der Waals surface area contributed by atoms with Crippen LogP contribution in [0.4, 0.5) is 10.5 Å². The van der Waals surface area contributed by atoms with Crippen molar-refractivity contribution in [2.45, 2.75) is 52.3 Å². The van der Waals surface area contributed by atoms with Gasteiger partial charge in [-0.2, -0.15) is 0 Å². The summed E-state index contributed by atoms with van der Waals surface area (Å²) in [5, 5.41) is 5.48. The molecule has 0 fully saturated rings. The van der Waals surface area contributed by atoms with Crippen LogP contribution in [-0.2, 0) is 29.0 Å². The average molecular weight is 410 g/mol. The van der Waals surface area contributed by atoms with Crippen LogP contribution >= 0.6 is 0 Å². The molecular formula is C24H31N3O3. The van der Waals surface area contributed by atoms with E-state index >= 15 is 0 Å². The van der Waals surface area contributed by atoms with E-state index in [-0.39, 0.29) is 18.9 Å². The van der Waals surface area contributed by atoms with Crippen LogP contribution in [0.5, 0.6) is 0 Å². The standard InChI is InChI=1S/C24H31N3O3/c1-24(2,3)30-23(29)25-14-12-22(28)26-16-18-8-10-19(11-9-18)17-27-15-13-20-6-4-5-7-21(20)27/h4-11H,12-17H2,1-3H3,(H,25,29)(H,26,28). The fourth-order valence-corrected chi connectivity index (χ4v) is 3.44. The molecule has 1 aliphatic rings. The molecule has 0 aliphatic carbocycles. The van der Waals surface area contributed by atoms with E-state index in [0.717, 1.165) is 25.1 Å². The second-order valence-corrected chi connectivity index (χ2v) is 8.57. The molecule has 0 saturated heterocycles. The Morgan fingerprint density at radius 2 is 1.70 bits per heavy atom. The summed E-state index contributed by atoms with van der Waals surface area (Å²) in [4.78, 5) is 26.0. The molecule has 0 atom stereocenters. The van der Waals surface area contributed by atoms with Crippen LogP contribution < -0.4 is 15.5 Å². The number of fused-ring (bicyclic) bond motifs is 1. The highest BCUT2D eigenvalue weighted by Crippen LogP contribution is 2.28. The van der Waals surface area contributed by atoms with Gasteiger partial charge in [0.2, 0.25) is 5.91 Å². The normalized spacial score (nSPS) is 13.0. The number of carbonyl (C=O) groups excluding carboxylic acids is 2. The van der Waals surface area contributed by atoms with Crippen LogP contribution in [0.25, 0.3) is 0 Å². The molecule has 0 saturated carbocycles. The second-order valence-electron chi connectivity index (χ2n) is 8.57. The number of nitrogens with zero attached hydrogens (tertiary/aromatic N) is 1. The maximum atomic E-state index is 12.0. The fraction of sp³-hybridized carbons (Fsp3) is 0.417. The molecule has 2 amide bonds. The molecule has 2 aromatic rings. The van der Waals surface area contributed by atoms with E-state index in [1.807, 2.05) is 0 Å². The summed E-state index contributed by atoms with van der Waals surface area (Å²) in [6.07, 6.45) is 0.806. The minimum atomic E-state index is -0.545. The first-order chi connectivity index (χ1) is 14.3. The summed E-state index contributed by atoms with van der Waals surface area (Å²) in [5.41, 5.74) is 4.50. The number of hydrogen-bond acceptors (Lipinski definition) is 4. The Balaban J connectivity index is 1.39. The highest BCUT2D eigenvalue weighted by Gasteiger charge is 2.18. The Hall–Kier alpha value is -3.02. The summed E-state index contributed by atoms with van der Waals surface area (Å²) in [6, 6.07) is 16.9. The van der Waals surface area contributed by atoms with Gasteiger partial charge in [-0.15, -0.1) is 0 Å². The lowest BCUT2D eigenvalue weighted by atomic mass is 10.1. The Morgan fingerprint density at radius 1 is 1.00 bits per heavy atom. The maximum absolute atomic E-state index is 12.0. The molecule has 30 heavy (non-hydrogen) atoms. The summed E-state index contributed by atoms with van der Waals surface area (Å²) >= 11 is 0. The van der Waals surface area contributed by atoms with Crippen LogP contribution in [-0.4, -0.2) is 30.7 Å². The van der Waals surface area contributed by atoms with E-state index < -0.39 is 11.7 Å². The zero-order valence-corrected chi connectivity index (χ0v) is 18.0. The lowest BCUT2D eigenvalue weighted by molar-refractivity contribution is -0.121.